The van der Waals surface area contributed by atoms with Crippen LogP contribution < -0.4 is 0 Å². The van der Waals surface area contributed by atoms with Gasteiger partial charge in [-0.2, -0.15) is 0 Å². The van der Waals surface area contributed by atoms with Crippen LogP contribution in [0.5, 0.6) is 0 Å². The second kappa shape index (κ2) is 6.70. The molecule has 1 atom stereocenters. The number of aliphatic carboxylic acids is 2. The molecule has 0 saturated heterocycles. The molecule has 0 saturated carbocycles. The first-order chi connectivity index (χ1) is 9.34. The van der Waals surface area contributed by atoms with Gasteiger partial charge in [-0.15, -0.1) is 0 Å². The van der Waals surface area contributed by atoms with Crippen LogP contribution in [0.4, 0.5) is 0 Å². The van der Waals surface area contributed by atoms with Gasteiger partial charge in [0.1, 0.15) is 6.04 Å². The summed E-state index contributed by atoms with van der Waals surface area (Å²) in [4.78, 5) is 35.2. The molecule has 0 bridgehead atoms. The highest BCUT2D eigenvalue weighted by Crippen LogP contribution is 2.13. The number of carboxylic acid groups (broad SMARTS) is 2. The molecule has 1 unspecified atom stereocenters. The van der Waals surface area contributed by atoms with Gasteiger partial charge in [0, 0.05) is 12.1 Å². The van der Waals surface area contributed by atoms with Crippen molar-refractivity contribution < 1.29 is 24.6 Å². The maximum absolute atomic E-state index is 12.4. The van der Waals surface area contributed by atoms with Crippen molar-refractivity contribution >= 4 is 17.8 Å². The highest BCUT2D eigenvalue weighted by atomic mass is 16.4. The van der Waals surface area contributed by atoms with E-state index in [4.69, 9.17) is 10.2 Å². The number of rotatable bonds is 6. The van der Waals surface area contributed by atoms with Gasteiger partial charge >= 0.3 is 11.9 Å². The van der Waals surface area contributed by atoms with Gasteiger partial charge in [-0.1, -0.05) is 18.2 Å². The molecule has 6 heteroatoms. The van der Waals surface area contributed by atoms with Crippen LogP contribution >= 0.6 is 0 Å². The fourth-order valence-electron chi connectivity index (χ4n) is 1.79. The van der Waals surface area contributed by atoms with Gasteiger partial charge in [0.05, 0.1) is 6.42 Å². The highest BCUT2D eigenvalue weighted by Gasteiger charge is 2.27. The van der Waals surface area contributed by atoms with E-state index in [0.29, 0.717) is 5.56 Å². The zero-order valence-corrected chi connectivity index (χ0v) is 11.4. The first-order valence-corrected chi connectivity index (χ1v) is 6.15. The smallest absolute Gasteiger partial charge is 0.326 e. The first-order valence-electron chi connectivity index (χ1n) is 6.15. The normalized spacial score (nSPS) is 11.7. The molecule has 0 aromatic heterocycles. The molecule has 1 rings (SSSR count). The highest BCUT2D eigenvalue weighted by molar-refractivity contribution is 5.97. The summed E-state index contributed by atoms with van der Waals surface area (Å²) in [6, 6.07) is 5.71. The number of carbonyl (C=O) groups is 3. The van der Waals surface area contributed by atoms with Gasteiger partial charge in [-0.05, 0) is 25.5 Å². The summed E-state index contributed by atoms with van der Waals surface area (Å²) in [5, 5.41) is 17.7. The molecule has 108 valence electrons. The molecular formula is C14H17NO5. The summed E-state index contributed by atoms with van der Waals surface area (Å²) in [7, 11) is 0. The lowest BCUT2D eigenvalue weighted by molar-refractivity contribution is -0.143. The summed E-state index contributed by atoms with van der Waals surface area (Å²) < 4.78 is 0. The average molecular weight is 279 g/mol. The number of hydrogen-bond donors (Lipinski definition) is 2. The van der Waals surface area contributed by atoms with Crippen LogP contribution in [-0.2, 0) is 9.59 Å². The Morgan fingerprint density at radius 1 is 1.20 bits per heavy atom. The Morgan fingerprint density at radius 3 is 2.30 bits per heavy atom. The minimum absolute atomic E-state index is 0.143. The molecule has 1 aromatic carbocycles. The van der Waals surface area contributed by atoms with E-state index in [9.17, 15) is 14.4 Å². The number of aryl methyl sites for hydroxylation is 1. The summed E-state index contributed by atoms with van der Waals surface area (Å²) in [6.45, 7) is 2.96. The molecule has 1 aromatic rings. The second-order valence-electron chi connectivity index (χ2n) is 4.47. The third kappa shape index (κ3) is 3.81. The van der Waals surface area contributed by atoms with Crippen molar-refractivity contribution in [1.82, 2.24) is 4.90 Å². The summed E-state index contributed by atoms with van der Waals surface area (Å²) >= 11 is 0. The van der Waals surface area contributed by atoms with E-state index in [1.54, 1.807) is 31.2 Å². The van der Waals surface area contributed by atoms with Crippen molar-refractivity contribution in [2.45, 2.75) is 26.3 Å². The molecule has 2 N–H and O–H groups in total. The molecule has 0 aliphatic carbocycles. The number of carbonyl (C=O) groups excluding carboxylic acids is 1. The van der Waals surface area contributed by atoms with Crippen LogP contribution in [0.3, 0.4) is 0 Å². The molecular weight excluding hydrogens is 262 g/mol. The lowest BCUT2D eigenvalue weighted by atomic mass is 10.1. The van der Waals surface area contributed by atoms with Crippen molar-refractivity contribution in [1.29, 1.82) is 0 Å². The molecule has 0 spiro atoms. The standard InChI is InChI=1S/C14H17NO5/c1-9-5-3-4-6-11(9)13(18)15(8-7-12(16)17)10(2)14(19)20/h3-6,10H,7-8H2,1-2H3,(H,16,17)(H,19,20). The first kappa shape index (κ1) is 15.7. The minimum atomic E-state index is -1.17. The maximum atomic E-state index is 12.4. The Morgan fingerprint density at radius 2 is 1.80 bits per heavy atom. The fraction of sp³-hybridized carbons (Fsp3) is 0.357. The van der Waals surface area contributed by atoms with Crippen LogP contribution in [0, 0.1) is 6.92 Å². The van der Waals surface area contributed by atoms with E-state index in [2.05, 4.69) is 0 Å². The number of nitrogens with zero attached hydrogens (tertiary/aromatic N) is 1. The van der Waals surface area contributed by atoms with Crippen LogP contribution in [0.1, 0.15) is 29.3 Å². The number of hydrogen-bond acceptors (Lipinski definition) is 3. The lowest BCUT2D eigenvalue weighted by Gasteiger charge is -2.26. The third-order valence-corrected chi connectivity index (χ3v) is 3.03. The fourth-order valence-corrected chi connectivity index (χ4v) is 1.79. The third-order valence-electron chi connectivity index (χ3n) is 3.03. The second-order valence-corrected chi connectivity index (χ2v) is 4.47. The molecule has 0 heterocycles. The number of amides is 1. The maximum Gasteiger partial charge on any atom is 0.326 e. The van der Waals surface area contributed by atoms with Crippen molar-refractivity contribution in [2.75, 3.05) is 6.54 Å². The number of benzene rings is 1. The molecule has 0 aliphatic rings. The van der Waals surface area contributed by atoms with Gasteiger partial charge in [0.2, 0.25) is 0 Å². The van der Waals surface area contributed by atoms with Gasteiger partial charge in [-0.25, -0.2) is 4.79 Å². The van der Waals surface area contributed by atoms with E-state index in [-0.39, 0.29) is 13.0 Å². The van der Waals surface area contributed by atoms with Crippen molar-refractivity contribution in [2.24, 2.45) is 0 Å². The Labute approximate surface area is 116 Å². The molecule has 20 heavy (non-hydrogen) atoms. The Balaban J connectivity index is 3.03. The quantitative estimate of drug-likeness (QED) is 0.820. The zero-order valence-electron chi connectivity index (χ0n) is 11.4. The predicted molar refractivity (Wildman–Crippen MR) is 71.6 cm³/mol. The van der Waals surface area contributed by atoms with Gasteiger partial charge in [-0.3, -0.25) is 9.59 Å². The topological polar surface area (TPSA) is 94.9 Å². The Bertz CT molecular complexity index is 526. The van der Waals surface area contributed by atoms with Crippen LogP contribution in [0.25, 0.3) is 0 Å². The van der Waals surface area contributed by atoms with E-state index in [1.165, 1.54) is 6.92 Å². The molecule has 0 fully saturated rings. The van der Waals surface area contributed by atoms with E-state index < -0.39 is 23.9 Å². The molecule has 0 radical (unpaired) electrons. The van der Waals surface area contributed by atoms with Crippen LogP contribution in [-0.4, -0.2) is 45.5 Å². The van der Waals surface area contributed by atoms with E-state index >= 15 is 0 Å². The SMILES string of the molecule is Cc1ccccc1C(=O)N(CCC(=O)O)C(C)C(=O)O. The summed E-state index contributed by atoms with van der Waals surface area (Å²) in [5.74, 6) is -2.72. The largest absolute Gasteiger partial charge is 0.481 e. The molecule has 0 aliphatic heterocycles. The molecule has 6 nitrogen and oxygen atoms in total. The van der Waals surface area contributed by atoms with Gasteiger partial charge < -0.3 is 15.1 Å². The van der Waals surface area contributed by atoms with Gasteiger partial charge in [0.25, 0.3) is 5.91 Å². The summed E-state index contributed by atoms with van der Waals surface area (Å²) in [6.07, 6.45) is -0.296. The zero-order chi connectivity index (χ0) is 15.3. The Hall–Kier alpha value is -2.37. The Kier molecular flexibility index (Phi) is 5.25. The van der Waals surface area contributed by atoms with Gasteiger partial charge in [0.15, 0.2) is 0 Å². The minimum Gasteiger partial charge on any atom is -0.481 e. The average Bonchev–Trinajstić information content (AvgIpc) is 2.38. The lowest BCUT2D eigenvalue weighted by Crippen LogP contribution is -2.44. The van der Waals surface area contributed by atoms with Crippen molar-refractivity contribution in [3.05, 3.63) is 35.4 Å². The van der Waals surface area contributed by atoms with Crippen molar-refractivity contribution in [3.8, 4) is 0 Å². The van der Waals surface area contributed by atoms with Crippen LogP contribution in [0.2, 0.25) is 0 Å². The summed E-state index contributed by atoms with van der Waals surface area (Å²) in [5.41, 5.74) is 1.10. The van der Waals surface area contributed by atoms with Crippen LogP contribution in [0.15, 0.2) is 24.3 Å². The predicted octanol–water partition coefficient (Wildman–Crippen LogP) is 1.39. The number of carboxylic acids is 2. The molecule has 1 amide bonds. The van der Waals surface area contributed by atoms with E-state index in [0.717, 1.165) is 10.5 Å². The van der Waals surface area contributed by atoms with E-state index in [1.807, 2.05) is 0 Å². The van der Waals surface area contributed by atoms with Crippen molar-refractivity contribution in [3.63, 3.8) is 0 Å². The monoisotopic (exact) mass is 279 g/mol.